The highest BCUT2D eigenvalue weighted by Gasteiger charge is 2.32. The van der Waals surface area contributed by atoms with Gasteiger partial charge in [-0.3, -0.25) is 0 Å². The van der Waals surface area contributed by atoms with Crippen LogP contribution < -0.4 is 14.8 Å². The summed E-state index contributed by atoms with van der Waals surface area (Å²) in [7, 11) is 1.58. The number of amides is 2. The van der Waals surface area contributed by atoms with Gasteiger partial charge in [-0.1, -0.05) is 12.1 Å². The minimum Gasteiger partial charge on any atom is -0.497 e. The summed E-state index contributed by atoms with van der Waals surface area (Å²) in [6, 6.07) is 8.83. The van der Waals surface area contributed by atoms with Crippen LogP contribution in [0.25, 0.3) is 0 Å². The number of benzene rings is 1. The Balaban J connectivity index is 1.50. The van der Waals surface area contributed by atoms with Gasteiger partial charge in [0.15, 0.2) is 0 Å². The zero-order valence-electron chi connectivity index (χ0n) is 15.2. The largest absolute Gasteiger partial charge is 0.497 e. The van der Waals surface area contributed by atoms with Crippen molar-refractivity contribution in [2.24, 2.45) is 0 Å². The molecule has 2 heterocycles. The zero-order chi connectivity index (χ0) is 20.1. The Labute approximate surface area is 160 Å². The van der Waals surface area contributed by atoms with Gasteiger partial charge in [-0.05, 0) is 23.8 Å². The van der Waals surface area contributed by atoms with Crippen molar-refractivity contribution in [2.45, 2.75) is 25.2 Å². The van der Waals surface area contributed by atoms with E-state index in [1.807, 2.05) is 24.3 Å². The number of rotatable bonds is 5. The van der Waals surface area contributed by atoms with Crippen molar-refractivity contribution in [3.8, 4) is 11.6 Å². The Kier molecular flexibility index (Phi) is 5.91. The molecule has 2 amide bonds. The number of hydrogen-bond donors (Lipinski definition) is 1. The molecule has 28 heavy (non-hydrogen) atoms. The van der Waals surface area contributed by atoms with Crippen molar-refractivity contribution in [2.75, 3.05) is 20.2 Å². The molecule has 0 bridgehead atoms. The van der Waals surface area contributed by atoms with Gasteiger partial charge in [-0.15, -0.1) is 0 Å². The first kappa shape index (κ1) is 19.8. The molecule has 0 unspecified atom stereocenters. The van der Waals surface area contributed by atoms with Crippen LogP contribution >= 0.6 is 0 Å². The lowest BCUT2D eigenvalue weighted by Gasteiger charge is -2.18. The summed E-state index contributed by atoms with van der Waals surface area (Å²) in [5, 5.41) is 2.82. The third-order valence-electron chi connectivity index (χ3n) is 4.38. The summed E-state index contributed by atoms with van der Waals surface area (Å²) >= 11 is 0. The van der Waals surface area contributed by atoms with E-state index in [0.717, 1.165) is 29.6 Å². The Morgan fingerprint density at radius 3 is 2.71 bits per heavy atom. The molecular formula is C19H20F3N3O3. The molecule has 6 nitrogen and oxygen atoms in total. The van der Waals surface area contributed by atoms with Gasteiger partial charge < -0.3 is 19.7 Å². The molecule has 1 atom stereocenters. The van der Waals surface area contributed by atoms with Crippen LogP contribution in [0, 0.1) is 0 Å². The number of halogens is 3. The Bertz CT molecular complexity index is 812. The van der Waals surface area contributed by atoms with Crippen LogP contribution in [0.2, 0.25) is 0 Å². The fourth-order valence-corrected chi connectivity index (χ4v) is 2.86. The van der Waals surface area contributed by atoms with Crippen LogP contribution in [0.3, 0.4) is 0 Å². The normalized spacial score (nSPS) is 16.7. The molecule has 0 aliphatic carbocycles. The molecule has 0 radical (unpaired) electrons. The molecule has 9 heteroatoms. The summed E-state index contributed by atoms with van der Waals surface area (Å²) < 4.78 is 48.9. The second kappa shape index (κ2) is 8.37. The van der Waals surface area contributed by atoms with Gasteiger partial charge in [0.25, 0.3) is 0 Å². The highest BCUT2D eigenvalue weighted by atomic mass is 19.4. The number of likely N-dealkylation sites (tertiary alicyclic amines) is 1. The third-order valence-corrected chi connectivity index (χ3v) is 4.38. The molecule has 1 aliphatic heterocycles. The molecule has 150 valence electrons. The number of nitrogens with zero attached hydrogens (tertiary/aromatic N) is 2. The van der Waals surface area contributed by atoms with Gasteiger partial charge in [-0.2, -0.15) is 13.2 Å². The number of ether oxygens (including phenoxy) is 2. The van der Waals surface area contributed by atoms with Gasteiger partial charge >= 0.3 is 12.2 Å². The first-order valence-electron chi connectivity index (χ1n) is 8.71. The maximum Gasteiger partial charge on any atom is 0.416 e. The molecule has 1 aromatic heterocycles. The minimum atomic E-state index is -4.45. The molecule has 1 aromatic carbocycles. The Morgan fingerprint density at radius 2 is 2.04 bits per heavy atom. The van der Waals surface area contributed by atoms with Crippen LogP contribution in [0.5, 0.6) is 11.6 Å². The van der Waals surface area contributed by atoms with E-state index in [0.29, 0.717) is 19.5 Å². The fourth-order valence-electron chi connectivity index (χ4n) is 2.86. The summed E-state index contributed by atoms with van der Waals surface area (Å²) in [5.74, 6) is 0.637. The van der Waals surface area contributed by atoms with Gasteiger partial charge in [0.2, 0.25) is 5.88 Å². The molecule has 2 aromatic rings. The summed E-state index contributed by atoms with van der Waals surface area (Å²) in [5.41, 5.74) is 0.110. The molecule has 1 N–H and O–H groups in total. The van der Waals surface area contributed by atoms with Crippen LogP contribution in [0.1, 0.15) is 17.5 Å². The fraction of sp³-hybridized carbons (Fsp3) is 0.368. The Hall–Kier alpha value is -2.97. The second-order valence-corrected chi connectivity index (χ2v) is 6.36. The van der Waals surface area contributed by atoms with Crippen LogP contribution in [0.4, 0.5) is 18.0 Å². The first-order chi connectivity index (χ1) is 13.3. The number of pyridine rings is 1. The molecule has 3 rings (SSSR count). The van der Waals surface area contributed by atoms with Crippen molar-refractivity contribution in [1.29, 1.82) is 0 Å². The molecule has 1 fully saturated rings. The molecule has 1 saturated heterocycles. The lowest BCUT2D eigenvalue weighted by Crippen LogP contribution is -2.39. The smallest absolute Gasteiger partial charge is 0.416 e. The van der Waals surface area contributed by atoms with Gasteiger partial charge in [0.1, 0.15) is 11.9 Å². The summed E-state index contributed by atoms with van der Waals surface area (Å²) in [4.78, 5) is 17.7. The number of urea groups is 1. The van der Waals surface area contributed by atoms with Crippen LogP contribution in [0.15, 0.2) is 42.6 Å². The lowest BCUT2D eigenvalue weighted by atomic mass is 10.2. The van der Waals surface area contributed by atoms with E-state index in [1.165, 1.54) is 0 Å². The molecule has 0 spiro atoms. The number of carbonyl (C=O) groups is 1. The number of hydrogen-bond acceptors (Lipinski definition) is 4. The van der Waals surface area contributed by atoms with Gasteiger partial charge in [-0.25, -0.2) is 9.78 Å². The number of methoxy groups -OCH3 is 1. The average molecular weight is 395 g/mol. The van der Waals surface area contributed by atoms with E-state index in [4.69, 9.17) is 9.47 Å². The highest BCUT2D eigenvalue weighted by Crippen LogP contribution is 2.31. The summed E-state index contributed by atoms with van der Waals surface area (Å²) in [6.07, 6.45) is -3.27. The van der Waals surface area contributed by atoms with Crippen molar-refractivity contribution < 1.29 is 27.4 Å². The van der Waals surface area contributed by atoms with E-state index >= 15 is 0 Å². The maximum absolute atomic E-state index is 12.8. The number of nitrogens with one attached hydrogen (secondary N) is 1. The maximum atomic E-state index is 12.8. The topological polar surface area (TPSA) is 63.7 Å². The quantitative estimate of drug-likeness (QED) is 0.842. The van der Waals surface area contributed by atoms with Crippen molar-refractivity contribution >= 4 is 6.03 Å². The molecule has 0 saturated carbocycles. The first-order valence-corrected chi connectivity index (χ1v) is 8.71. The van der Waals surface area contributed by atoms with Crippen LogP contribution in [-0.4, -0.2) is 42.2 Å². The molecule has 1 aliphatic rings. The predicted octanol–water partition coefficient (Wildman–Crippen LogP) is 3.47. The molecular weight excluding hydrogens is 375 g/mol. The standard InChI is InChI=1S/C19H20F3N3O3/c1-27-15-4-2-13(3-5-15)11-24-18(26)25-9-7-16(12-25)28-17-10-14(6-8-23-17)19(20,21)22/h2-6,8,10,16H,7,9,11-12H2,1H3,(H,24,26)/t16-/m1/s1. The highest BCUT2D eigenvalue weighted by molar-refractivity contribution is 5.74. The number of carbonyl (C=O) groups excluding carboxylic acids is 1. The average Bonchev–Trinajstić information content (AvgIpc) is 3.14. The summed E-state index contributed by atoms with van der Waals surface area (Å²) in [6.45, 7) is 1.10. The minimum absolute atomic E-state index is 0.0969. The number of aromatic nitrogens is 1. The lowest BCUT2D eigenvalue weighted by molar-refractivity contribution is -0.137. The Morgan fingerprint density at radius 1 is 1.29 bits per heavy atom. The van der Waals surface area contributed by atoms with Gasteiger partial charge in [0, 0.05) is 31.8 Å². The van der Waals surface area contributed by atoms with Crippen molar-refractivity contribution in [3.63, 3.8) is 0 Å². The third kappa shape index (κ3) is 5.05. The van der Waals surface area contributed by atoms with E-state index in [1.54, 1.807) is 12.0 Å². The number of alkyl halides is 3. The zero-order valence-corrected chi connectivity index (χ0v) is 15.2. The predicted molar refractivity (Wildman–Crippen MR) is 95.1 cm³/mol. The monoisotopic (exact) mass is 395 g/mol. The van der Waals surface area contributed by atoms with E-state index < -0.39 is 17.8 Å². The van der Waals surface area contributed by atoms with Crippen molar-refractivity contribution in [3.05, 3.63) is 53.7 Å². The van der Waals surface area contributed by atoms with Gasteiger partial charge in [0.05, 0.1) is 19.2 Å². The second-order valence-electron chi connectivity index (χ2n) is 6.36. The SMILES string of the molecule is COc1ccc(CNC(=O)N2CC[C@@H](Oc3cc(C(F)(F)F)ccn3)C2)cc1. The van der Waals surface area contributed by atoms with E-state index in [2.05, 4.69) is 10.3 Å². The van der Waals surface area contributed by atoms with Crippen molar-refractivity contribution in [1.82, 2.24) is 15.2 Å². The van der Waals surface area contributed by atoms with E-state index in [9.17, 15) is 18.0 Å². The van der Waals surface area contributed by atoms with Crippen LogP contribution in [-0.2, 0) is 12.7 Å². The van der Waals surface area contributed by atoms with E-state index in [-0.39, 0.29) is 18.5 Å².